The van der Waals surface area contributed by atoms with E-state index >= 15 is 0 Å². The van der Waals surface area contributed by atoms with E-state index in [4.69, 9.17) is 5.73 Å². The fourth-order valence-corrected chi connectivity index (χ4v) is 2.62. The van der Waals surface area contributed by atoms with Gasteiger partial charge in [-0.25, -0.2) is 9.97 Å². The molecule has 1 atom stereocenters. The molecule has 1 aliphatic heterocycles. The lowest BCUT2D eigenvalue weighted by molar-refractivity contribution is 0.504. The average Bonchev–Trinajstić information content (AvgIpc) is 2.37. The Bertz CT molecular complexity index is 567. The summed E-state index contributed by atoms with van der Waals surface area (Å²) in [5.74, 6) is 1.86. The molecule has 0 saturated carbocycles. The second-order valence-corrected chi connectivity index (χ2v) is 4.96. The fourth-order valence-electron chi connectivity index (χ4n) is 2.62. The van der Waals surface area contributed by atoms with E-state index in [0.717, 1.165) is 48.5 Å². The molecule has 2 aromatic rings. The van der Waals surface area contributed by atoms with Crippen LogP contribution in [0.1, 0.15) is 18.7 Å². The molecule has 0 bridgehead atoms. The average molecular weight is 242 g/mol. The van der Waals surface area contributed by atoms with E-state index in [-0.39, 0.29) is 6.04 Å². The zero-order valence-electron chi connectivity index (χ0n) is 10.6. The van der Waals surface area contributed by atoms with Crippen LogP contribution in [0.15, 0.2) is 24.3 Å². The van der Waals surface area contributed by atoms with Crippen LogP contribution in [0.2, 0.25) is 0 Å². The highest BCUT2D eigenvalue weighted by Gasteiger charge is 2.20. The number of rotatable bonds is 1. The smallest absolute Gasteiger partial charge is 0.140 e. The maximum Gasteiger partial charge on any atom is 0.140 e. The van der Waals surface area contributed by atoms with Crippen LogP contribution in [0, 0.1) is 6.92 Å². The molecule has 1 aromatic carbocycles. The molecule has 1 aliphatic rings. The van der Waals surface area contributed by atoms with E-state index in [1.807, 2.05) is 25.1 Å². The molecule has 1 fully saturated rings. The van der Waals surface area contributed by atoms with Gasteiger partial charge < -0.3 is 10.6 Å². The summed E-state index contributed by atoms with van der Waals surface area (Å²) in [6, 6.07) is 8.43. The van der Waals surface area contributed by atoms with Gasteiger partial charge in [0, 0.05) is 24.5 Å². The number of piperidine rings is 1. The molecule has 0 aliphatic carbocycles. The quantitative estimate of drug-likeness (QED) is 0.829. The lowest BCUT2D eigenvalue weighted by Gasteiger charge is -2.32. The number of aryl methyl sites for hydroxylation is 1. The highest BCUT2D eigenvalue weighted by Crippen LogP contribution is 2.25. The van der Waals surface area contributed by atoms with Crippen molar-refractivity contribution >= 4 is 16.7 Å². The molecule has 4 nitrogen and oxygen atoms in total. The molecule has 1 unspecified atom stereocenters. The van der Waals surface area contributed by atoms with Crippen molar-refractivity contribution in [1.82, 2.24) is 9.97 Å². The fraction of sp³-hybridized carbons (Fsp3) is 0.429. The maximum absolute atomic E-state index is 6.06. The van der Waals surface area contributed by atoms with Crippen molar-refractivity contribution < 1.29 is 0 Å². The lowest BCUT2D eigenvalue weighted by atomic mass is 10.1. The standard InChI is InChI=1S/C14H18N4/c1-10-16-13-7-3-2-6-12(13)14(17-10)18-8-4-5-11(15)9-18/h2-3,6-7,11H,4-5,8-9,15H2,1H3. The molecule has 3 rings (SSSR count). The van der Waals surface area contributed by atoms with E-state index in [1.165, 1.54) is 0 Å². The molecule has 0 amide bonds. The van der Waals surface area contributed by atoms with Gasteiger partial charge in [-0.05, 0) is 31.9 Å². The first-order valence-electron chi connectivity index (χ1n) is 6.48. The van der Waals surface area contributed by atoms with Crippen LogP contribution in [-0.4, -0.2) is 29.1 Å². The summed E-state index contributed by atoms with van der Waals surface area (Å²) in [4.78, 5) is 11.4. The van der Waals surface area contributed by atoms with E-state index in [1.54, 1.807) is 0 Å². The summed E-state index contributed by atoms with van der Waals surface area (Å²) >= 11 is 0. The third-order valence-electron chi connectivity index (χ3n) is 3.45. The Morgan fingerprint density at radius 3 is 2.94 bits per heavy atom. The molecular weight excluding hydrogens is 224 g/mol. The minimum absolute atomic E-state index is 0.257. The van der Waals surface area contributed by atoms with Gasteiger partial charge in [0.2, 0.25) is 0 Å². The third kappa shape index (κ3) is 2.04. The second kappa shape index (κ2) is 4.53. The van der Waals surface area contributed by atoms with Gasteiger partial charge in [0.25, 0.3) is 0 Å². The van der Waals surface area contributed by atoms with Gasteiger partial charge in [-0.15, -0.1) is 0 Å². The largest absolute Gasteiger partial charge is 0.354 e. The van der Waals surface area contributed by atoms with E-state index < -0.39 is 0 Å². The summed E-state index contributed by atoms with van der Waals surface area (Å²) in [6.45, 7) is 3.87. The Morgan fingerprint density at radius 1 is 1.28 bits per heavy atom. The number of nitrogens with two attached hydrogens (primary N) is 1. The Morgan fingerprint density at radius 2 is 2.11 bits per heavy atom. The zero-order chi connectivity index (χ0) is 12.5. The molecular formula is C14H18N4. The Labute approximate surface area is 107 Å². The molecule has 0 radical (unpaired) electrons. The summed E-state index contributed by atoms with van der Waals surface area (Å²) in [5, 5.41) is 1.12. The van der Waals surface area contributed by atoms with E-state index in [9.17, 15) is 0 Å². The summed E-state index contributed by atoms with van der Waals surface area (Å²) < 4.78 is 0. The number of para-hydroxylation sites is 1. The highest BCUT2D eigenvalue weighted by molar-refractivity contribution is 5.89. The van der Waals surface area contributed by atoms with Gasteiger partial charge in [0.15, 0.2) is 0 Å². The first-order valence-corrected chi connectivity index (χ1v) is 6.48. The maximum atomic E-state index is 6.06. The molecule has 94 valence electrons. The second-order valence-electron chi connectivity index (χ2n) is 4.96. The number of hydrogen-bond donors (Lipinski definition) is 1. The molecule has 1 aromatic heterocycles. The Kier molecular flexibility index (Phi) is 2.88. The van der Waals surface area contributed by atoms with Gasteiger partial charge in [-0.3, -0.25) is 0 Å². The van der Waals surface area contributed by atoms with Gasteiger partial charge in [-0.1, -0.05) is 12.1 Å². The summed E-state index contributed by atoms with van der Waals surface area (Å²) in [7, 11) is 0. The minimum Gasteiger partial charge on any atom is -0.354 e. The number of anilines is 1. The number of aromatic nitrogens is 2. The number of hydrogen-bond acceptors (Lipinski definition) is 4. The van der Waals surface area contributed by atoms with Gasteiger partial charge in [-0.2, -0.15) is 0 Å². The van der Waals surface area contributed by atoms with Crippen LogP contribution in [-0.2, 0) is 0 Å². The summed E-state index contributed by atoms with van der Waals surface area (Å²) in [5.41, 5.74) is 7.07. The SMILES string of the molecule is Cc1nc(N2CCCC(N)C2)c2ccccc2n1. The van der Waals surface area contributed by atoms with Crippen molar-refractivity contribution in [2.24, 2.45) is 5.73 Å². The van der Waals surface area contributed by atoms with Gasteiger partial charge >= 0.3 is 0 Å². The van der Waals surface area contributed by atoms with Crippen molar-refractivity contribution in [2.45, 2.75) is 25.8 Å². The minimum atomic E-state index is 0.257. The molecule has 0 spiro atoms. The Balaban J connectivity index is 2.09. The molecule has 18 heavy (non-hydrogen) atoms. The number of fused-ring (bicyclic) bond motifs is 1. The zero-order valence-corrected chi connectivity index (χ0v) is 10.6. The van der Waals surface area contributed by atoms with Crippen LogP contribution in [0.5, 0.6) is 0 Å². The van der Waals surface area contributed by atoms with Crippen molar-refractivity contribution in [3.63, 3.8) is 0 Å². The normalized spacial score (nSPS) is 20.3. The predicted octanol–water partition coefficient (Wildman–Crippen LogP) is 1.87. The molecule has 1 saturated heterocycles. The van der Waals surface area contributed by atoms with Crippen LogP contribution < -0.4 is 10.6 Å². The topological polar surface area (TPSA) is 55.0 Å². The first kappa shape index (κ1) is 11.4. The third-order valence-corrected chi connectivity index (χ3v) is 3.45. The molecule has 4 heteroatoms. The van der Waals surface area contributed by atoms with Gasteiger partial charge in [0.05, 0.1) is 5.52 Å². The van der Waals surface area contributed by atoms with Crippen molar-refractivity contribution in [1.29, 1.82) is 0 Å². The van der Waals surface area contributed by atoms with E-state index in [2.05, 4.69) is 20.9 Å². The van der Waals surface area contributed by atoms with Crippen LogP contribution in [0.25, 0.3) is 10.9 Å². The Hall–Kier alpha value is -1.68. The summed E-state index contributed by atoms with van der Waals surface area (Å²) in [6.07, 6.45) is 2.25. The van der Waals surface area contributed by atoms with Crippen LogP contribution in [0.3, 0.4) is 0 Å². The lowest BCUT2D eigenvalue weighted by Crippen LogP contribution is -2.43. The van der Waals surface area contributed by atoms with Crippen molar-refractivity contribution in [3.05, 3.63) is 30.1 Å². The molecule has 2 N–H and O–H groups in total. The highest BCUT2D eigenvalue weighted by atomic mass is 15.2. The van der Waals surface area contributed by atoms with Crippen LogP contribution in [0.4, 0.5) is 5.82 Å². The van der Waals surface area contributed by atoms with Crippen molar-refractivity contribution in [2.75, 3.05) is 18.0 Å². The monoisotopic (exact) mass is 242 g/mol. The predicted molar refractivity (Wildman–Crippen MR) is 73.7 cm³/mol. The number of benzene rings is 1. The van der Waals surface area contributed by atoms with Gasteiger partial charge in [0.1, 0.15) is 11.6 Å². The molecule has 2 heterocycles. The number of nitrogens with zero attached hydrogens (tertiary/aromatic N) is 3. The first-order chi connectivity index (χ1) is 8.74. The van der Waals surface area contributed by atoms with Crippen molar-refractivity contribution in [3.8, 4) is 0 Å². The van der Waals surface area contributed by atoms with E-state index in [0.29, 0.717) is 0 Å². The van der Waals surface area contributed by atoms with Crippen LogP contribution >= 0.6 is 0 Å².